The van der Waals surface area contributed by atoms with Crippen molar-refractivity contribution in [3.05, 3.63) is 40.4 Å². The van der Waals surface area contributed by atoms with Gasteiger partial charge in [0.2, 0.25) is 0 Å². The van der Waals surface area contributed by atoms with Crippen molar-refractivity contribution in [3.8, 4) is 12.1 Å². The maximum absolute atomic E-state index is 8.87. The van der Waals surface area contributed by atoms with Gasteiger partial charge in [-0.25, -0.2) is 0 Å². The van der Waals surface area contributed by atoms with Gasteiger partial charge < -0.3 is 5.32 Å². The summed E-state index contributed by atoms with van der Waals surface area (Å²) >= 11 is 1.36. The average Bonchev–Trinajstić information content (AvgIpc) is 2.38. The lowest BCUT2D eigenvalue weighted by molar-refractivity contribution is 0.590. The van der Waals surface area contributed by atoms with Gasteiger partial charge in [0.1, 0.15) is 17.2 Å². The first-order valence-corrected chi connectivity index (χ1v) is 7.11. The summed E-state index contributed by atoms with van der Waals surface area (Å²) in [6.07, 6.45) is 1.83. The number of nitrogens with zero attached hydrogens (tertiary/aromatic N) is 2. The Labute approximate surface area is 118 Å². The van der Waals surface area contributed by atoms with Gasteiger partial charge in [-0.3, -0.25) is 0 Å². The molecule has 0 amide bonds. The van der Waals surface area contributed by atoms with Crippen LogP contribution in [-0.4, -0.2) is 6.26 Å². The van der Waals surface area contributed by atoms with E-state index in [1.165, 1.54) is 17.3 Å². The van der Waals surface area contributed by atoms with Gasteiger partial charge >= 0.3 is 0 Å². The van der Waals surface area contributed by atoms with Crippen molar-refractivity contribution in [2.45, 2.75) is 26.2 Å². The Kier molecular flexibility index (Phi) is 5.03. The van der Waals surface area contributed by atoms with Crippen molar-refractivity contribution in [1.29, 1.82) is 10.5 Å². The fourth-order valence-corrected chi connectivity index (χ4v) is 2.04. The standard InChI is InChI=1S/C15H17N3S/c1-15(2,3)12-5-7-13(8-6-12)18-14(19-4)11(9-16)10-17/h5-8,18H,1-4H3. The molecule has 0 spiro atoms. The average molecular weight is 271 g/mol. The number of anilines is 1. The highest BCUT2D eigenvalue weighted by Gasteiger charge is 2.13. The number of nitriles is 2. The zero-order valence-corrected chi connectivity index (χ0v) is 12.4. The Morgan fingerprint density at radius 1 is 1.11 bits per heavy atom. The van der Waals surface area contributed by atoms with Crippen molar-refractivity contribution in [2.75, 3.05) is 11.6 Å². The fraction of sp³-hybridized carbons (Fsp3) is 0.333. The van der Waals surface area contributed by atoms with E-state index in [0.717, 1.165) is 5.69 Å². The number of hydrogen-bond donors (Lipinski definition) is 1. The van der Waals surface area contributed by atoms with Crippen molar-refractivity contribution in [1.82, 2.24) is 0 Å². The Bertz CT molecular complexity index is 535. The predicted octanol–water partition coefficient (Wildman–Crippen LogP) is 4.02. The van der Waals surface area contributed by atoms with E-state index in [1.807, 2.05) is 30.5 Å². The van der Waals surface area contributed by atoms with Gasteiger partial charge in [0.15, 0.2) is 5.57 Å². The van der Waals surface area contributed by atoms with E-state index >= 15 is 0 Å². The minimum atomic E-state index is 0.104. The Morgan fingerprint density at radius 2 is 1.63 bits per heavy atom. The van der Waals surface area contributed by atoms with Crippen LogP contribution in [0.1, 0.15) is 26.3 Å². The molecule has 0 bridgehead atoms. The highest BCUT2D eigenvalue weighted by molar-refractivity contribution is 8.02. The highest BCUT2D eigenvalue weighted by Crippen LogP contribution is 2.25. The van der Waals surface area contributed by atoms with Gasteiger partial charge in [0.25, 0.3) is 0 Å². The maximum atomic E-state index is 8.87. The monoisotopic (exact) mass is 271 g/mol. The van der Waals surface area contributed by atoms with Crippen LogP contribution in [0.15, 0.2) is 34.9 Å². The lowest BCUT2D eigenvalue weighted by atomic mass is 9.87. The zero-order valence-electron chi connectivity index (χ0n) is 11.6. The molecule has 1 aromatic rings. The summed E-state index contributed by atoms with van der Waals surface area (Å²) in [6.45, 7) is 6.48. The number of rotatable bonds is 3. The lowest BCUT2D eigenvalue weighted by Gasteiger charge is -2.19. The molecule has 1 N–H and O–H groups in total. The van der Waals surface area contributed by atoms with E-state index in [2.05, 4.69) is 38.2 Å². The largest absolute Gasteiger partial charge is 0.349 e. The molecular weight excluding hydrogens is 254 g/mol. The van der Waals surface area contributed by atoms with Crippen molar-refractivity contribution >= 4 is 17.4 Å². The number of thioether (sulfide) groups is 1. The van der Waals surface area contributed by atoms with E-state index < -0.39 is 0 Å². The van der Waals surface area contributed by atoms with Crippen molar-refractivity contribution < 1.29 is 0 Å². The third kappa shape index (κ3) is 4.05. The van der Waals surface area contributed by atoms with E-state index in [4.69, 9.17) is 10.5 Å². The molecule has 0 heterocycles. The van der Waals surface area contributed by atoms with Crippen LogP contribution in [-0.2, 0) is 5.41 Å². The van der Waals surface area contributed by atoms with Crippen LogP contribution in [0.5, 0.6) is 0 Å². The lowest BCUT2D eigenvalue weighted by Crippen LogP contribution is -2.10. The zero-order chi connectivity index (χ0) is 14.5. The van der Waals surface area contributed by atoms with Gasteiger partial charge in [-0.1, -0.05) is 32.9 Å². The molecule has 0 aliphatic heterocycles. The van der Waals surface area contributed by atoms with Gasteiger partial charge in [0, 0.05) is 5.69 Å². The van der Waals surface area contributed by atoms with Crippen molar-refractivity contribution in [2.24, 2.45) is 0 Å². The summed E-state index contributed by atoms with van der Waals surface area (Å²) in [5.41, 5.74) is 2.34. The molecule has 0 saturated carbocycles. The Hall–Kier alpha value is -1.91. The second kappa shape index (κ2) is 6.31. The molecule has 0 atom stereocenters. The van der Waals surface area contributed by atoms with Crippen molar-refractivity contribution in [3.63, 3.8) is 0 Å². The third-order valence-corrected chi connectivity index (χ3v) is 3.38. The predicted molar refractivity (Wildman–Crippen MR) is 80.5 cm³/mol. The quantitative estimate of drug-likeness (QED) is 0.843. The fourth-order valence-electron chi connectivity index (χ4n) is 1.53. The van der Waals surface area contributed by atoms with Crippen LogP contribution in [0.25, 0.3) is 0 Å². The van der Waals surface area contributed by atoms with Gasteiger partial charge in [-0.2, -0.15) is 10.5 Å². The third-order valence-electron chi connectivity index (χ3n) is 2.66. The molecule has 98 valence electrons. The van der Waals surface area contributed by atoms with Crippen LogP contribution in [0.2, 0.25) is 0 Å². The van der Waals surface area contributed by atoms with E-state index in [-0.39, 0.29) is 11.0 Å². The second-order valence-corrected chi connectivity index (χ2v) is 5.90. The summed E-state index contributed by atoms with van der Waals surface area (Å²) in [5.74, 6) is 0. The van der Waals surface area contributed by atoms with Crippen LogP contribution in [0.3, 0.4) is 0 Å². The first-order chi connectivity index (χ1) is 8.92. The minimum absolute atomic E-state index is 0.104. The molecule has 0 aliphatic rings. The SMILES string of the molecule is CSC(Nc1ccc(C(C)(C)C)cc1)=C(C#N)C#N. The molecule has 0 radical (unpaired) electrons. The van der Waals surface area contributed by atoms with Gasteiger partial charge in [-0.15, -0.1) is 11.8 Å². The second-order valence-electron chi connectivity index (χ2n) is 5.08. The van der Waals surface area contributed by atoms with Crippen LogP contribution >= 0.6 is 11.8 Å². The molecule has 1 rings (SSSR count). The molecule has 3 nitrogen and oxygen atoms in total. The van der Waals surface area contributed by atoms with Crippen LogP contribution in [0.4, 0.5) is 5.69 Å². The first-order valence-electron chi connectivity index (χ1n) is 5.88. The summed E-state index contributed by atoms with van der Waals surface area (Å²) in [7, 11) is 0. The molecule has 0 saturated heterocycles. The smallest absolute Gasteiger partial charge is 0.159 e. The Morgan fingerprint density at radius 3 is 2.00 bits per heavy atom. The summed E-state index contributed by atoms with van der Waals surface area (Å²) in [6, 6.07) is 11.8. The summed E-state index contributed by atoms with van der Waals surface area (Å²) in [4.78, 5) is 0. The number of hydrogen-bond acceptors (Lipinski definition) is 4. The Balaban J connectivity index is 2.99. The van der Waals surface area contributed by atoms with Crippen LogP contribution in [0, 0.1) is 22.7 Å². The number of benzene rings is 1. The molecule has 19 heavy (non-hydrogen) atoms. The molecule has 0 aromatic heterocycles. The molecule has 0 unspecified atom stereocenters. The van der Waals surface area contributed by atoms with Gasteiger partial charge in [-0.05, 0) is 29.4 Å². The molecule has 4 heteroatoms. The normalized spacial score (nSPS) is 10.2. The van der Waals surface area contributed by atoms with E-state index in [0.29, 0.717) is 5.03 Å². The molecular formula is C15H17N3S. The minimum Gasteiger partial charge on any atom is -0.349 e. The summed E-state index contributed by atoms with van der Waals surface area (Å²) in [5, 5.41) is 21.4. The topological polar surface area (TPSA) is 59.6 Å². The number of allylic oxidation sites excluding steroid dienone is 1. The van der Waals surface area contributed by atoms with Gasteiger partial charge in [0.05, 0.1) is 0 Å². The molecule has 0 aliphatic carbocycles. The first kappa shape index (κ1) is 15.1. The summed E-state index contributed by atoms with van der Waals surface area (Å²) < 4.78 is 0. The number of nitrogens with one attached hydrogen (secondary N) is 1. The maximum Gasteiger partial charge on any atom is 0.159 e. The molecule has 0 fully saturated rings. The van der Waals surface area contributed by atoms with Crippen LogP contribution < -0.4 is 5.32 Å². The van der Waals surface area contributed by atoms with E-state index in [1.54, 1.807) is 0 Å². The van der Waals surface area contributed by atoms with E-state index in [9.17, 15) is 0 Å². The molecule has 1 aromatic carbocycles. The highest BCUT2D eigenvalue weighted by atomic mass is 32.2.